The highest BCUT2D eigenvalue weighted by molar-refractivity contribution is 5.98. The molecule has 1 heterocycles. The highest BCUT2D eigenvalue weighted by atomic mass is 19.1. The summed E-state index contributed by atoms with van der Waals surface area (Å²) < 4.78 is 18.0. The van der Waals surface area contributed by atoms with E-state index in [1.165, 1.54) is 30.5 Å². The minimum Gasteiger partial charge on any atom is -0.462 e. The number of ketones is 1. The van der Waals surface area contributed by atoms with Gasteiger partial charge in [0, 0.05) is 12.6 Å². The topological polar surface area (TPSA) is 56.3 Å². The monoisotopic (exact) mass is 287 g/mol. The highest BCUT2D eigenvalue weighted by Gasteiger charge is 2.13. The van der Waals surface area contributed by atoms with E-state index in [-0.39, 0.29) is 30.1 Å². The molecule has 0 atom stereocenters. The fraction of sp³-hybridized carbons (Fsp3) is 0.188. The SMILES string of the molecule is CCOC(=O)c1ccnc(C(=O)Cc2cccc(F)c2)c1. The molecule has 0 unspecified atom stereocenters. The molecule has 1 aromatic carbocycles. The van der Waals surface area contributed by atoms with Crippen molar-refractivity contribution in [3.8, 4) is 0 Å². The van der Waals surface area contributed by atoms with Crippen LogP contribution in [-0.4, -0.2) is 23.3 Å². The van der Waals surface area contributed by atoms with Crippen LogP contribution in [0.1, 0.15) is 33.3 Å². The molecule has 0 aliphatic carbocycles. The Morgan fingerprint density at radius 1 is 1.24 bits per heavy atom. The summed E-state index contributed by atoms with van der Waals surface area (Å²) in [6, 6.07) is 8.69. The van der Waals surface area contributed by atoms with E-state index in [0.29, 0.717) is 5.56 Å². The van der Waals surface area contributed by atoms with Crippen molar-refractivity contribution in [2.75, 3.05) is 6.61 Å². The first kappa shape index (κ1) is 14.8. The van der Waals surface area contributed by atoms with Gasteiger partial charge >= 0.3 is 5.97 Å². The number of nitrogens with zero attached hydrogens (tertiary/aromatic N) is 1. The lowest BCUT2D eigenvalue weighted by molar-refractivity contribution is 0.0526. The Balaban J connectivity index is 2.16. The Morgan fingerprint density at radius 2 is 2.05 bits per heavy atom. The zero-order chi connectivity index (χ0) is 15.2. The van der Waals surface area contributed by atoms with Crippen molar-refractivity contribution in [3.63, 3.8) is 0 Å². The van der Waals surface area contributed by atoms with Crippen molar-refractivity contribution in [3.05, 3.63) is 65.2 Å². The zero-order valence-electron chi connectivity index (χ0n) is 11.5. The molecule has 0 saturated carbocycles. The van der Waals surface area contributed by atoms with E-state index < -0.39 is 11.8 Å². The van der Waals surface area contributed by atoms with Crippen LogP contribution in [0.25, 0.3) is 0 Å². The van der Waals surface area contributed by atoms with Gasteiger partial charge in [0.15, 0.2) is 5.78 Å². The van der Waals surface area contributed by atoms with Gasteiger partial charge in [-0.3, -0.25) is 9.78 Å². The van der Waals surface area contributed by atoms with Gasteiger partial charge in [-0.1, -0.05) is 12.1 Å². The molecule has 0 amide bonds. The van der Waals surface area contributed by atoms with Crippen LogP contribution in [0, 0.1) is 5.82 Å². The average molecular weight is 287 g/mol. The molecule has 5 heteroatoms. The lowest BCUT2D eigenvalue weighted by Crippen LogP contribution is -2.10. The lowest BCUT2D eigenvalue weighted by Gasteiger charge is -2.04. The van der Waals surface area contributed by atoms with Crippen LogP contribution < -0.4 is 0 Å². The molecule has 2 aromatic rings. The predicted molar refractivity (Wildman–Crippen MR) is 74.6 cm³/mol. The number of rotatable bonds is 5. The molecule has 0 radical (unpaired) electrons. The van der Waals surface area contributed by atoms with Crippen LogP contribution >= 0.6 is 0 Å². The van der Waals surface area contributed by atoms with Crippen LogP contribution in [0.3, 0.4) is 0 Å². The zero-order valence-corrected chi connectivity index (χ0v) is 11.5. The summed E-state index contributed by atoms with van der Waals surface area (Å²) in [5, 5.41) is 0. The van der Waals surface area contributed by atoms with Crippen LogP contribution in [-0.2, 0) is 11.2 Å². The van der Waals surface area contributed by atoms with Gasteiger partial charge in [0.25, 0.3) is 0 Å². The first-order chi connectivity index (χ1) is 10.1. The molecule has 0 bridgehead atoms. The van der Waals surface area contributed by atoms with E-state index in [1.807, 2.05) is 0 Å². The molecule has 108 valence electrons. The Bertz CT molecular complexity index is 670. The maximum atomic E-state index is 13.1. The van der Waals surface area contributed by atoms with Crippen molar-refractivity contribution < 1.29 is 18.7 Å². The average Bonchev–Trinajstić information content (AvgIpc) is 2.47. The first-order valence-electron chi connectivity index (χ1n) is 6.51. The number of benzene rings is 1. The van der Waals surface area contributed by atoms with E-state index in [4.69, 9.17) is 4.74 Å². The minimum atomic E-state index is -0.500. The van der Waals surface area contributed by atoms with Crippen LogP contribution in [0.4, 0.5) is 4.39 Å². The molecule has 4 nitrogen and oxygen atoms in total. The molecule has 0 fully saturated rings. The van der Waals surface area contributed by atoms with Gasteiger partial charge in [-0.05, 0) is 36.8 Å². The van der Waals surface area contributed by atoms with E-state index in [9.17, 15) is 14.0 Å². The maximum absolute atomic E-state index is 13.1. The number of ether oxygens (including phenoxy) is 1. The van der Waals surface area contributed by atoms with E-state index >= 15 is 0 Å². The fourth-order valence-corrected chi connectivity index (χ4v) is 1.85. The number of carbonyl (C=O) groups excluding carboxylic acids is 2. The Labute approximate surface area is 121 Å². The molecule has 1 aromatic heterocycles. The largest absolute Gasteiger partial charge is 0.462 e. The Kier molecular flexibility index (Phi) is 4.77. The van der Waals surface area contributed by atoms with Crippen LogP contribution in [0.15, 0.2) is 42.6 Å². The summed E-state index contributed by atoms with van der Waals surface area (Å²) in [4.78, 5) is 27.7. The number of carbonyl (C=O) groups is 2. The summed E-state index contributed by atoms with van der Waals surface area (Å²) in [7, 11) is 0. The van der Waals surface area contributed by atoms with Gasteiger partial charge in [0.2, 0.25) is 0 Å². The number of hydrogen-bond acceptors (Lipinski definition) is 4. The van der Waals surface area contributed by atoms with Gasteiger partial charge in [-0.25, -0.2) is 9.18 Å². The van der Waals surface area contributed by atoms with E-state index in [1.54, 1.807) is 19.1 Å². The second-order valence-electron chi connectivity index (χ2n) is 4.38. The third-order valence-corrected chi connectivity index (χ3v) is 2.81. The Hall–Kier alpha value is -2.56. The quantitative estimate of drug-likeness (QED) is 0.627. The summed E-state index contributed by atoms with van der Waals surface area (Å²) in [6.45, 7) is 1.96. The number of aromatic nitrogens is 1. The Morgan fingerprint density at radius 3 is 2.76 bits per heavy atom. The lowest BCUT2D eigenvalue weighted by atomic mass is 10.1. The molecular weight excluding hydrogens is 273 g/mol. The fourth-order valence-electron chi connectivity index (χ4n) is 1.85. The van der Waals surface area contributed by atoms with Crippen molar-refractivity contribution in [2.24, 2.45) is 0 Å². The van der Waals surface area contributed by atoms with Gasteiger partial charge < -0.3 is 4.74 Å². The molecular formula is C16H14FNO3. The maximum Gasteiger partial charge on any atom is 0.338 e. The number of esters is 1. The minimum absolute atomic E-state index is 0.0248. The number of hydrogen-bond donors (Lipinski definition) is 0. The molecule has 21 heavy (non-hydrogen) atoms. The molecule has 0 N–H and O–H groups in total. The van der Waals surface area contributed by atoms with Gasteiger partial charge in [-0.2, -0.15) is 0 Å². The predicted octanol–water partition coefficient (Wildman–Crippen LogP) is 2.82. The van der Waals surface area contributed by atoms with Crippen molar-refractivity contribution in [1.29, 1.82) is 0 Å². The third-order valence-electron chi connectivity index (χ3n) is 2.81. The van der Waals surface area contributed by atoms with Crippen LogP contribution in [0.2, 0.25) is 0 Å². The second-order valence-corrected chi connectivity index (χ2v) is 4.38. The van der Waals surface area contributed by atoms with E-state index in [2.05, 4.69) is 4.98 Å². The normalized spacial score (nSPS) is 10.2. The highest BCUT2D eigenvalue weighted by Crippen LogP contribution is 2.10. The smallest absolute Gasteiger partial charge is 0.338 e. The number of halogens is 1. The number of Topliss-reactive ketones (excluding diaryl/α,β-unsaturated/α-hetero) is 1. The standard InChI is InChI=1S/C16H14FNO3/c1-2-21-16(20)12-6-7-18-14(10-12)15(19)9-11-4-3-5-13(17)8-11/h3-8,10H,2,9H2,1H3. The summed E-state index contributed by atoms with van der Waals surface area (Å²) >= 11 is 0. The molecule has 0 saturated heterocycles. The molecule has 0 spiro atoms. The second kappa shape index (κ2) is 6.74. The first-order valence-corrected chi connectivity index (χ1v) is 6.51. The molecule has 0 aliphatic rings. The van der Waals surface area contributed by atoms with Gasteiger partial charge in [-0.15, -0.1) is 0 Å². The summed E-state index contributed by atoms with van der Waals surface area (Å²) in [5.41, 5.74) is 0.989. The molecule has 0 aliphatic heterocycles. The number of pyridine rings is 1. The van der Waals surface area contributed by atoms with Gasteiger partial charge in [0.05, 0.1) is 12.2 Å². The molecule has 2 rings (SSSR count). The van der Waals surface area contributed by atoms with Crippen molar-refractivity contribution in [1.82, 2.24) is 4.98 Å². The third kappa shape index (κ3) is 3.95. The van der Waals surface area contributed by atoms with E-state index in [0.717, 1.165) is 0 Å². The van der Waals surface area contributed by atoms with Crippen LogP contribution in [0.5, 0.6) is 0 Å². The summed E-state index contributed by atoms with van der Waals surface area (Å²) in [6.07, 6.45) is 1.40. The summed E-state index contributed by atoms with van der Waals surface area (Å²) in [5.74, 6) is -1.18. The van der Waals surface area contributed by atoms with Crippen molar-refractivity contribution >= 4 is 11.8 Å². The van der Waals surface area contributed by atoms with Gasteiger partial charge in [0.1, 0.15) is 11.5 Å². The van der Waals surface area contributed by atoms with Crippen molar-refractivity contribution in [2.45, 2.75) is 13.3 Å².